The van der Waals surface area contributed by atoms with Crippen LogP contribution < -0.4 is 15.4 Å². The number of benzene rings is 1. The van der Waals surface area contributed by atoms with Crippen LogP contribution in [0.3, 0.4) is 0 Å². The first-order chi connectivity index (χ1) is 10.5. The van der Waals surface area contributed by atoms with Gasteiger partial charge in [-0.1, -0.05) is 18.2 Å². The SMILES string of the molecule is CNS(=O)(=O)c1cccc(CNC(=O)Nc2ccccn2)c1. The molecule has 0 fully saturated rings. The average Bonchev–Trinajstić information content (AvgIpc) is 2.54. The minimum absolute atomic E-state index is 0.152. The van der Waals surface area contributed by atoms with Gasteiger partial charge in [-0.3, -0.25) is 5.32 Å². The van der Waals surface area contributed by atoms with Crippen LogP contribution >= 0.6 is 0 Å². The smallest absolute Gasteiger partial charge is 0.320 e. The lowest BCUT2D eigenvalue weighted by Gasteiger charge is -2.08. The van der Waals surface area contributed by atoms with Crippen molar-refractivity contribution in [3.05, 3.63) is 54.2 Å². The number of sulfonamides is 1. The van der Waals surface area contributed by atoms with Gasteiger partial charge in [0, 0.05) is 12.7 Å². The van der Waals surface area contributed by atoms with Gasteiger partial charge in [0.2, 0.25) is 10.0 Å². The van der Waals surface area contributed by atoms with Crippen molar-refractivity contribution in [2.24, 2.45) is 0 Å². The summed E-state index contributed by atoms with van der Waals surface area (Å²) in [6.45, 7) is 0.200. The molecular weight excluding hydrogens is 304 g/mol. The monoisotopic (exact) mass is 320 g/mol. The van der Waals surface area contributed by atoms with Gasteiger partial charge < -0.3 is 5.32 Å². The van der Waals surface area contributed by atoms with Crippen LogP contribution in [0.1, 0.15) is 5.56 Å². The lowest BCUT2D eigenvalue weighted by Crippen LogP contribution is -2.28. The van der Waals surface area contributed by atoms with Crippen molar-refractivity contribution < 1.29 is 13.2 Å². The molecule has 1 heterocycles. The molecule has 22 heavy (non-hydrogen) atoms. The molecule has 116 valence electrons. The fourth-order valence-electron chi connectivity index (χ4n) is 1.72. The van der Waals surface area contributed by atoms with Gasteiger partial charge in [-0.05, 0) is 36.9 Å². The molecule has 2 amide bonds. The van der Waals surface area contributed by atoms with E-state index in [1.54, 1.807) is 36.5 Å². The lowest BCUT2D eigenvalue weighted by molar-refractivity contribution is 0.251. The number of hydrogen-bond donors (Lipinski definition) is 3. The zero-order valence-electron chi connectivity index (χ0n) is 11.9. The second kappa shape index (κ2) is 7.01. The molecule has 0 spiro atoms. The highest BCUT2D eigenvalue weighted by Gasteiger charge is 2.11. The van der Waals surface area contributed by atoms with Crippen LogP contribution in [0, 0.1) is 0 Å². The van der Waals surface area contributed by atoms with Crippen LogP contribution in [0.4, 0.5) is 10.6 Å². The van der Waals surface area contributed by atoms with Crippen LogP contribution in [0.5, 0.6) is 0 Å². The number of aromatic nitrogens is 1. The quantitative estimate of drug-likeness (QED) is 0.773. The number of urea groups is 1. The van der Waals surface area contributed by atoms with Crippen molar-refractivity contribution in [1.29, 1.82) is 0 Å². The fraction of sp³-hybridized carbons (Fsp3) is 0.143. The largest absolute Gasteiger partial charge is 0.334 e. The third-order valence-electron chi connectivity index (χ3n) is 2.84. The van der Waals surface area contributed by atoms with Crippen molar-refractivity contribution in [1.82, 2.24) is 15.0 Å². The van der Waals surface area contributed by atoms with Gasteiger partial charge in [-0.15, -0.1) is 0 Å². The molecular formula is C14H16N4O3S. The molecule has 8 heteroatoms. The van der Waals surface area contributed by atoms with Gasteiger partial charge in [-0.2, -0.15) is 0 Å². The number of pyridine rings is 1. The summed E-state index contributed by atoms with van der Waals surface area (Å²) in [6.07, 6.45) is 1.57. The zero-order valence-corrected chi connectivity index (χ0v) is 12.7. The number of nitrogens with zero attached hydrogens (tertiary/aromatic N) is 1. The Hall–Kier alpha value is -2.45. The maximum atomic E-state index is 11.7. The van der Waals surface area contributed by atoms with Gasteiger partial charge in [0.1, 0.15) is 5.82 Å². The third kappa shape index (κ3) is 4.27. The first-order valence-corrected chi connectivity index (χ1v) is 7.98. The van der Waals surface area contributed by atoms with E-state index in [4.69, 9.17) is 0 Å². The first kappa shape index (κ1) is 15.9. The van der Waals surface area contributed by atoms with Gasteiger partial charge in [0.25, 0.3) is 0 Å². The van der Waals surface area contributed by atoms with Crippen LogP contribution in [0.25, 0.3) is 0 Å². The number of carbonyl (C=O) groups excluding carboxylic acids is 1. The molecule has 3 N–H and O–H groups in total. The summed E-state index contributed by atoms with van der Waals surface area (Å²) in [5.74, 6) is 0.437. The summed E-state index contributed by atoms with van der Waals surface area (Å²) in [5, 5.41) is 5.22. The Bertz CT molecular complexity index is 748. The Morgan fingerprint density at radius 3 is 2.68 bits per heavy atom. The number of rotatable bonds is 5. The third-order valence-corrected chi connectivity index (χ3v) is 4.25. The predicted octanol–water partition coefficient (Wildman–Crippen LogP) is 1.31. The number of nitrogens with one attached hydrogen (secondary N) is 3. The van der Waals surface area contributed by atoms with Gasteiger partial charge in [-0.25, -0.2) is 22.9 Å². The number of amides is 2. The fourth-order valence-corrected chi connectivity index (χ4v) is 2.52. The van der Waals surface area contributed by atoms with Gasteiger partial charge in [0.05, 0.1) is 4.90 Å². The van der Waals surface area contributed by atoms with E-state index in [0.29, 0.717) is 11.4 Å². The maximum absolute atomic E-state index is 11.7. The van der Waals surface area contributed by atoms with Crippen LogP contribution in [0.15, 0.2) is 53.6 Å². The van der Waals surface area contributed by atoms with Crippen molar-refractivity contribution in [3.63, 3.8) is 0 Å². The lowest BCUT2D eigenvalue weighted by atomic mass is 10.2. The van der Waals surface area contributed by atoms with E-state index in [1.807, 2.05) is 0 Å². The molecule has 0 aliphatic rings. The van der Waals surface area contributed by atoms with Crippen molar-refractivity contribution in [2.75, 3.05) is 12.4 Å². The highest BCUT2D eigenvalue weighted by atomic mass is 32.2. The predicted molar refractivity (Wildman–Crippen MR) is 82.8 cm³/mol. The minimum Gasteiger partial charge on any atom is -0.334 e. The first-order valence-electron chi connectivity index (χ1n) is 6.49. The summed E-state index contributed by atoms with van der Waals surface area (Å²) in [5.41, 5.74) is 0.674. The van der Waals surface area contributed by atoms with Gasteiger partial charge in [0.15, 0.2) is 0 Å². The van der Waals surface area contributed by atoms with E-state index in [-0.39, 0.29) is 11.4 Å². The minimum atomic E-state index is -3.50. The summed E-state index contributed by atoms with van der Waals surface area (Å²) in [4.78, 5) is 15.9. The summed E-state index contributed by atoms with van der Waals surface area (Å²) in [6, 6.07) is 11.1. The Kier molecular flexibility index (Phi) is 5.08. The van der Waals surface area contributed by atoms with E-state index in [2.05, 4.69) is 20.3 Å². The van der Waals surface area contributed by atoms with Crippen molar-refractivity contribution in [3.8, 4) is 0 Å². The van der Waals surface area contributed by atoms with E-state index >= 15 is 0 Å². The normalized spacial score (nSPS) is 11.0. The molecule has 0 aliphatic carbocycles. The second-order valence-electron chi connectivity index (χ2n) is 4.38. The molecule has 0 atom stereocenters. The van der Waals surface area contributed by atoms with Crippen LogP contribution in [0.2, 0.25) is 0 Å². The molecule has 0 radical (unpaired) electrons. The molecule has 0 bridgehead atoms. The topological polar surface area (TPSA) is 100 Å². The average molecular weight is 320 g/mol. The molecule has 7 nitrogen and oxygen atoms in total. The van der Waals surface area contributed by atoms with E-state index in [1.165, 1.54) is 19.2 Å². The van der Waals surface area contributed by atoms with Crippen molar-refractivity contribution in [2.45, 2.75) is 11.4 Å². The number of carbonyl (C=O) groups is 1. The Balaban J connectivity index is 1.97. The second-order valence-corrected chi connectivity index (χ2v) is 6.26. The standard InChI is InChI=1S/C14H16N4O3S/c1-15-22(20,21)12-6-4-5-11(9-12)10-17-14(19)18-13-7-2-3-8-16-13/h2-9,15H,10H2,1H3,(H2,16,17,18,19). The Morgan fingerprint density at radius 1 is 1.18 bits per heavy atom. The molecule has 0 saturated carbocycles. The van der Waals surface area contributed by atoms with Crippen LogP contribution in [-0.4, -0.2) is 26.5 Å². The Labute approximate surface area is 128 Å². The summed E-state index contributed by atoms with van der Waals surface area (Å²) < 4.78 is 25.7. The maximum Gasteiger partial charge on any atom is 0.320 e. The molecule has 0 saturated heterocycles. The summed E-state index contributed by atoms with van der Waals surface area (Å²) in [7, 11) is -2.15. The number of hydrogen-bond acceptors (Lipinski definition) is 4. The Morgan fingerprint density at radius 2 is 2.00 bits per heavy atom. The molecule has 2 aromatic rings. The molecule has 0 unspecified atom stereocenters. The highest BCUT2D eigenvalue weighted by Crippen LogP contribution is 2.11. The molecule has 0 aliphatic heterocycles. The number of anilines is 1. The molecule has 1 aromatic heterocycles. The van der Waals surface area contributed by atoms with Crippen molar-refractivity contribution >= 4 is 21.9 Å². The zero-order chi connectivity index (χ0) is 16.0. The summed E-state index contributed by atoms with van der Waals surface area (Å²) >= 11 is 0. The molecule has 2 rings (SSSR count). The van der Waals surface area contributed by atoms with E-state index < -0.39 is 16.1 Å². The van der Waals surface area contributed by atoms with E-state index in [9.17, 15) is 13.2 Å². The molecule has 1 aromatic carbocycles. The highest BCUT2D eigenvalue weighted by molar-refractivity contribution is 7.89. The van der Waals surface area contributed by atoms with E-state index in [0.717, 1.165) is 0 Å². The van der Waals surface area contributed by atoms with Crippen LogP contribution in [-0.2, 0) is 16.6 Å². The van der Waals surface area contributed by atoms with Gasteiger partial charge >= 0.3 is 6.03 Å².